The molecule has 3 aromatic rings. The van der Waals surface area contributed by atoms with Crippen molar-refractivity contribution in [1.29, 1.82) is 0 Å². The summed E-state index contributed by atoms with van der Waals surface area (Å²) in [6.45, 7) is 2.72. The molecule has 0 bridgehead atoms. The number of ether oxygens (including phenoxy) is 1. The van der Waals surface area contributed by atoms with Gasteiger partial charge in [0, 0.05) is 24.6 Å². The van der Waals surface area contributed by atoms with E-state index >= 15 is 0 Å². The van der Waals surface area contributed by atoms with E-state index in [4.69, 9.17) is 4.74 Å². The van der Waals surface area contributed by atoms with E-state index < -0.39 is 5.97 Å². The van der Waals surface area contributed by atoms with Gasteiger partial charge in [0.05, 0.1) is 12.1 Å². The molecular formula is C21H21N3O3. The fourth-order valence-corrected chi connectivity index (χ4v) is 2.73. The first-order chi connectivity index (χ1) is 13.2. The van der Waals surface area contributed by atoms with Crippen LogP contribution in [0, 0.1) is 0 Å². The number of carbonyl (C=O) groups excluding carboxylic acids is 2. The lowest BCUT2D eigenvalue weighted by molar-refractivity contribution is -0.121. The highest BCUT2D eigenvalue weighted by Crippen LogP contribution is 2.13. The maximum atomic E-state index is 12.4. The van der Waals surface area contributed by atoms with E-state index in [9.17, 15) is 9.59 Å². The van der Waals surface area contributed by atoms with Gasteiger partial charge < -0.3 is 9.64 Å². The number of esters is 1. The minimum absolute atomic E-state index is 0.257. The Labute approximate surface area is 158 Å². The van der Waals surface area contributed by atoms with Crippen LogP contribution in [0.2, 0.25) is 0 Å². The van der Waals surface area contributed by atoms with Crippen molar-refractivity contribution in [2.24, 2.45) is 0 Å². The monoisotopic (exact) mass is 363 g/mol. The van der Waals surface area contributed by atoms with Crippen molar-refractivity contribution in [1.82, 2.24) is 9.78 Å². The molecule has 1 amide bonds. The second-order valence-electron chi connectivity index (χ2n) is 5.95. The first-order valence-electron chi connectivity index (χ1n) is 8.76. The third-order valence-corrected chi connectivity index (χ3v) is 4.11. The van der Waals surface area contributed by atoms with E-state index in [1.54, 1.807) is 27.9 Å². The highest BCUT2D eigenvalue weighted by molar-refractivity contribution is 5.97. The fraction of sp³-hybridized carbons (Fsp3) is 0.190. The standard InChI is InChI=1S/C21H21N3O3/c1-2-24(19-7-4-3-5-8-19)20(25)16-27-21(26)18-11-9-17(10-12-18)15-23-14-6-13-22-23/h3-14H,2,15-16H2,1H3. The molecule has 6 nitrogen and oxygen atoms in total. The average Bonchev–Trinajstić information content (AvgIpc) is 3.21. The van der Waals surface area contributed by atoms with Crippen LogP contribution >= 0.6 is 0 Å². The van der Waals surface area contributed by atoms with Gasteiger partial charge in [0.2, 0.25) is 0 Å². The molecule has 0 spiro atoms. The minimum atomic E-state index is -0.516. The van der Waals surface area contributed by atoms with Gasteiger partial charge in [0.15, 0.2) is 6.61 Å². The Morgan fingerprint density at radius 1 is 1.04 bits per heavy atom. The zero-order valence-corrected chi connectivity index (χ0v) is 15.1. The quantitative estimate of drug-likeness (QED) is 0.605. The highest BCUT2D eigenvalue weighted by Gasteiger charge is 2.16. The van der Waals surface area contributed by atoms with Crippen LogP contribution in [0.1, 0.15) is 22.8 Å². The Kier molecular flexibility index (Phi) is 5.99. The first-order valence-corrected chi connectivity index (χ1v) is 8.76. The van der Waals surface area contributed by atoms with E-state index in [-0.39, 0.29) is 12.5 Å². The normalized spacial score (nSPS) is 10.4. The second kappa shape index (κ2) is 8.80. The van der Waals surface area contributed by atoms with Crippen molar-refractivity contribution in [2.75, 3.05) is 18.1 Å². The zero-order valence-electron chi connectivity index (χ0n) is 15.1. The van der Waals surface area contributed by atoms with Gasteiger partial charge in [-0.15, -0.1) is 0 Å². The summed E-state index contributed by atoms with van der Waals surface area (Å²) in [5.74, 6) is -0.773. The summed E-state index contributed by atoms with van der Waals surface area (Å²) in [7, 11) is 0. The topological polar surface area (TPSA) is 64.4 Å². The fourth-order valence-electron chi connectivity index (χ4n) is 2.73. The maximum absolute atomic E-state index is 12.4. The summed E-state index contributed by atoms with van der Waals surface area (Å²) in [6, 6.07) is 18.3. The van der Waals surface area contributed by atoms with Gasteiger partial charge in [-0.3, -0.25) is 9.48 Å². The largest absolute Gasteiger partial charge is 0.452 e. The molecule has 1 aromatic heterocycles. The van der Waals surface area contributed by atoms with Crippen LogP contribution < -0.4 is 4.90 Å². The molecule has 138 valence electrons. The zero-order chi connectivity index (χ0) is 19.1. The minimum Gasteiger partial charge on any atom is -0.452 e. The molecule has 1 heterocycles. The summed E-state index contributed by atoms with van der Waals surface area (Å²) in [5.41, 5.74) is 2.21. The smallest absolute Gasteiger partial charge is 0.338 e. The lowest BCUT2D eigenvalue weighted by Crippen LogP contribution is -2.34. The summed E-state index contributed by atoms with van der Waals surface area (Å²) in [6.07, 6.45) is 3.60. The third kappa shape index (κ3) is 4.82. The molecule has 27 heavy (non-hydrogen) atoms. The molecule has 0 unspecified atom stereocenters. The van der Waals surface area contributed by atoms with Gasteiger partial charge in [-0.2, -0.15) is 5.10 Å². The molecule has 0 radical (unpaired) electrons. The van der Waals surface area contributed by atoms with Crippen molar-refractivity contribution in [3.63, 3.8) is 0 Å². The maximum Gasteiger partial charge on any atom is 0.338 e. The van der Waals surface area contributed by atoms with Gasteiger partial charge in [0.25, 0.3) is 5.91 Å². The number of para-hydroxylation sites is 1. The van der Waals surface area contributed by atoms with E-state index in [1.165, 1.54) is 0 Å². The molecule has 0 saturated carbocycles. The Bertz CT molecular complexity index is 875. The number of nitrogens with zero attached hydrogens (tertiary/aromatic N) is 3. The molecule has 0 aliphatic carbocycles. The molecule has 0 fully saturated rings. The van der Waals surface area contributed by atoms with E-state index in [0.29, 0.717) is 18.7 Å². The molecule has 0 atom stereocenters. The van der Waals surface area contributed by atoms with Crippen LogP contribution in [-0.2, 0) is 16.1 Å². The number of rotatable bonds is 7. The molecule has 0 aliphatic rings. The summed E-state index contributed by atoms with van der Waals surface area (Å²) >= 11 is 0. The van der Waals surface area contributed by atoms with Crippen molar-refractivity contribution >= 4 is 17.6 Å². The van der Waals surface area contributed by atoms with E-state index in [2.05, 4.69) is 5.10 Å². The number of amides is 1. The van der Waals surface area contributed by atoms with Gasteiger partial charge in [-0.05, 0) is 42.8 Å². The number of carbonyl (C=O) groups is 2. The van der Waals surface area contributed by atoms with Crippen molar-refractivity contribution in [3.05, 3.63) is 84.2 Å². The van der Waals surface area contributed by atoms with E-state index in [0.717, 1.165) is 11.3 Å². The molecule has 0 saturated heterocycles. The summed E-state index contributed by atoms with van der Waals surface area (Å²) in [5, 5.41) is 4.15. The number of hydrogen-bond acceptors (Lipinski definition) is 4. The van der Waals surface area contributed by atoms with Crippen molar-refractivity contribution < 1.29 is 14.3 Å². The molecule has 6 heteroatoms. The average molecular weight is 363 g/mol. The lowest BCUT2D eigenvalue weighted by atomic mass is 10.1. The third-order valence-electron chi connectivity index (χ3n) is 4.11. The second-order valence-corrected chi connectivity index (χ2v) is 5.95. The molecule has 0 N–H and O–H groups in total. The van der Waals surface area contributed by atoms with Gasteiger partial charge >= 0.3 is 5.97 Å². The van der Waals surface area contributed by atoms with Gasteiger partial charge in [-0.1, -0.05) is 30.3 Å². The summed E-state index contributed by atoms with van der Waals surface area (Å²) in [4.78, 5) is 26.2. The molecule has 0 aliphatic heterocycles. The molecular weight excluding hydrogens is 342 g/mol. The van der Waals surface area contributed by atoms with Crippen LogP contribution in [0.15, 0.2) is 73.1 Å². The van der Waals surface area contributed by atoms with Crippen molar-refractivity contribution in [3.8, 4) is 0 Å². The number of likely N-dealkylation sites (N-methyl/N-ethyl adjacent to an activating group) is 1. The number of anilines is 1. The molecule has 2 aromatic carbocycles. The Morgan fingerprint density at radius 2 is 1.78 bits per heavy atom. The Balaban J connectivity index is 1.56. The molecule has 3 rings (SSSR count). The Hall–Kier alpha value is -3.41. The van der Waals surface area contributed by atoms with Crippen LogP contribution in [0.5, 0.6) is 0 Å². The predicted molar refractivity (Wildman–Crippen MR) is 103 cm³/mol. The number of hydrogen-bond donors (Lipinski definition) is 0. The van der Waals surface area contributed by atoms with Gasteiger partial charge in [-0.25, -0.2) is 4.79 Å². The van der Waals surface area contributed by atoms with Crippen LogP contribution in [0.4, 0.5) is 5.69 Å². The Morgan fingerprint density at radius 3 is 2.41 bits per heavy atom. The SMILES string of the molecule is CCN(C(=O)COC(=O)c1ccc(Cn2cccn2)cc1)c1ccccc1. The van der Waals surface area contributed by atoms with Crippen LogP contribution in [0.3, 0.4) is 0 Å². The lowest BCUT2D eigenvalue weighted by Gasteiger charge is -2.20. The van der Waals surface area contributed by atoms with Crippen LogP contribution in [-0.4, -0.2) is 34.8 Å². The first kappa shape index (κ1) is 18.4. The summed E-state index contributed by atoms with van der Waals surface area (Å²) < 4.78 is 6.99. The number of benzene rings is 2. The van der Waals surface area contributed by atoms with Gasteiger partial charge in [0.1, 0.15) is 0 Å². The number of aromatic nitrogens is 2. The highest BCUT2D eigenvalue weighted by atomic mass is 16.5. The van der Waals surface area contributed by atoms with E-state index in [1.807, 2.05) is 61.7 Å². The van der Waals surface area contributed by atoms with Crippen molar-refractivity contribution in [2.45, 2.75) is 13.5 Å². The predicted octanol–water partition coefficient (Wildman–Crippen LogP) is 3.14. The van der Waals surface area contributed by atoms with Crippen LogP contribution in [0.25, 0.3) is 0 Å².